The highest BCUT2D eigenvalue weighted by Crippen LogP contribution is 2.29. The summed E-state index contributed by atoms with van der Waals surface area (Å²) in [6, 6.07) is 7.58. The molecular weight excluding hydrogens is 364 g/mol. The van der Waals surface area contributed by atoms with Crippen molar-refractivity contribution in [2.75, 3.05) is 11.6 Å². The molecule has 134 valence electrons. The Kier molecular flexibility index (Phi) is 5.08. The van der Waals surface area contributed by atoms with Crippen LogP contribution in [0.3, 0.4) is 0 Å². The summed E-state index contributed by atoms with van der Waals surface area (Å²) in [6.07, 6.45) is 11.4. The molecule has 0 saturated carbocycles. The lowest BCUT2D eigenvalue weighted by atomic mass is 10.2. The molecule has 0 fully saturated rings. The summed E-state index contributed by atoms with van der Waals surface area (Å²) < 4.78 is 1.98. The van der Waals surface area contributed by atoms with Crippen LogP contribution in [0.5, 0.6) is 0 Å². The molecule has 5 nitrogen and oxygen atoms in total. The highest BCUT2D eigenvalue weighted by atomic mass is 32.2. The fourth-order valence-corrected chi connectivity index (χ4v) is 4.76. The lowest BCUT2D eigenvalue weighted by Crippen LogP contribution is -2.12. The van der Waals surface area contributed by atoms with Gasteiger partial charge in [0.15, 0.2) is 10.3 Å². The Morgan fingerprint density at radius 1 is 1.27 bits per heavy atom. The van der Waals surface area contributed by atoms with Gasteiger partial charge in [-0.05, 0) is 50.1 Å². The number of aryl methyl sites for hydroxylation is 2. The number of thioether (sulfide) groups is 1. The Balaban J connectivity index is 1.54. The summed E-state index contributed by atoms with van der Waals surface area (Å²) in [7, 11) is 0. The van der Waals surface area contributed by atoms with Crippen LogP contribution in [0.25, 0.3) is 5.69 Å². The van der Waals surface area contributed by atoms with Crippen molar-refractivity contribution >= 4 is 34.1 Å². The second kappa shape index (κ2) is 7.63. The van der Waals surface area contributed by atoms with Gasteiger partial charge < -0.3 is 0 Å². The topological polar surface area (TPSA) is 59.8 Å². The van der Waals surface area contributed by atoms with E-state index in [4.69, 9.17) is 0 Å². The smallest absolute Gasteiger partial charge is 0.257 e. The van der Waals surface area contributed by atoms with E-state index in [1.54, 1.807) is 29.3 Å². The third-order valence-electron chi connectivity index (χ3n) is 4.49. The molecule has 26 heavy (non-hydrogen) atoms. The van der Waals surface area contributed by atoms with E-state index in [2.05, 4.69) is 15.3 Å². The molecule has 0 radical (unpaired) electrons. The molecule has 0 unspecified atom stereocenters. The number of nitrogens with zero attached hydrogens (tertiary/aromatic N) is 3. The molecule has 4 rings (SSSR count). The number of carbonyl (C=O) groups excluding carboxylic acids is 1. The highest BCUT2D eigenvalue weighted by Gasteiger charge is 2.16. The van der Waals surface area contributed by atoms with E-state index in [0.717, 1.165) is 23.7 Å². The third kappa shape index (κ3) is 3.54. The minimum absolute atomic E-state index is 0.124. The predicted molar refractivity (Wildman–Crippen MR) is 107 cm³/mol. The largest absolute Gasteiger partial charge is 0.298 e. The zero-order valence-corrected chi connectivity index (χ0v) is 16.2. The molecule has 1 aromatic carbocycles. The van der Waals surface area contributed by atoms with Crippen LogP contribution in [-0.4, -0.2) is 26.7 Å². The number of rotatable bonds is 4. The zero-order chi connectivity index (χ0) is 17.9. The van der Waals surface area contributed by atoms with E-state index in [0.29, 0.717) is 10.7 Å². The van der Waals surface area contributed by atoms with Gasteiger partial charge in [0, 0.05) is 28.5 Å². The third-order valence-corrected chi connectivity index (χ3v) is 6.23. The Bertz CT molecular complexity index is 908. The van der Waals surface area contributed by atoms with Crippen LogP contribution >= 0.6 is 23.1 Å². The maximum absolute atomic E-state index is 12.7. The van der Waals surface area contributed by atoms with Gasteiger partial charge in [0.05, 0.1) is 5.69 Å². The van der Waals surface area contributed by atoms with Gasteiger partial charge in [-0.2, -0.15) is 0 Å². The fourth-order valence-electron chi connectivity index (χ4n) is 3.19. The number of hydrogen-bond acceptors (Lipinski definition) is 5. The molecule has 0 aliphatic heterocycles. The normalized spacial score (nSPS) is 13.9. The number of imidazole rings is 1. The van der Waals surface area contributed by atoms with Crippen LogP contribution in [0.2, 0.25) is 0 Å². The van der Waals surface area contributed by atoms with Crippen molar-refractivity contribution in [1.29, 1.82) is 0 Å². The van der Waals surface area contributed by atoms with Crippen LogP contribution in [0, 0.1) is 0 Å². The maximum Gasteiger partial charge on any atom is 0.257 e. The zero-order valence-electron chi connectivity index (χ0n) is 14.6. The second-order valence-corrected chi connectivity index (χ2v) is 8.09. The molecule has 1 amide bonds. The number of amides is 1. The summed E-state index contributed by atoms with van der Waals surface area (Å²) in [4.78, 5) is 23.0. The number of nitrogens with one attached hydrogen (secondary N) is 1. The molecule has 2 heterocycles. The number of aromatic nitrogens is 3. The minimum Gasteiger partial charge on any atom is -0.298 e. The Hall–Kier alpha value is -2.12. The molecule has 1 aliphatic carbocycles. The Morgan fingerprint density at radius 3 is 3.04 bits per heavy atom. The minimum atomic E-state index is -0.124. The van der Waals surface area contributed by atoms with Crippen LogP contribution < -0.4 is 5.32 Å². The molecular formula is C19H20N4OS2. The molecule has 0 saturated heterocycles. The van der Waals surface area contributed by atoms with Gasteiger partial charge in [-0.3, -0.25) is 14.7 Å². The van der Waals surface area contributed by atoms with Crippen molar-refractivity contribution in [3.05, 3.63) is 52.8 Å². The van der Waals surface area contributed by atoms with Gasteiger partial charge in [0.25, 0.3) is 5.91 Å². The monoisotopic (exact) mass is 384 g/mol. The SMILES string of the molecule is CSc1nccn1-c1cccc(C(=O)Nc2nc3c(s2)CCCCC3)c1. The standard InChI is InChI=1S/C19H20N4OS2/c1-25-19-20-10-11-23(19)14-7-5-6-13(12-14)17(24)22-18-21-15-8-3-2-4-9-16(15)26-18/h5-7,10-12H,2-4,8-9H2,1H3,(H,21,22,24). The molecule has 7 heteroatoms. The average molecular weight is 385 g/mol. The second-order valence-electron chi connectivity index (χ2n) is 6.24. The van der Waals surface area contributed by atoms with E-state index < -0.39 is 0 Å². The van der Waals surface area contributed by atoms with E-state index in [-0.39, 0.29) is 5.91 Å². The quantitative estimate of drug-likeness (QED) is 0.529. The molecule has 0 atom stereocenters. The van der Waals surface area contributed by atoms with Crippen LogP contribution in [0.4, 0.5) is 5.13 Å². The fraction of sp³-hybridized carbons (Fsp3) is 0.316. The van der Waals surface area contributed by atoms with Crippen molar-refractivity contribution in [2.45, 2.75) is 37.3 Å². The van der Waals surface area contributed by atoms with Crippen molar-refractivity contribution < 1.29 is 4.79 Å². The molecule has 2 aromatic heterocycles. The Morgan fingerprint density at radius 2 is 2.15 bits per heavy atom. The number of carbonyl (C=O) groups is 1. The predicted octanol–water partition coefficient (Wildman–Crippen LogP) is 4.57. The van der Waals surface area contributed by atoms with E-state index in [9.17, 15) is 4.79 Å². The Labute approximate surface area is 160 Å². The molecule has 3 aromatic rings. The van der Waals surface area contributed by atoms with E-state index in [1.165, 1.54) is 29.8 Å². The summed E-state index contributed by atoms with van der Waals surface area (Å²) in [5.74, 6) is -0.124. The van der Waals surface area contributed by atoms with Gasteiger partial charge in [0.2, 0.25) is 0 Å². The van der Waals surface area contributed by atoms with Gasteiger partial charge in [-0.25, -0.2) is 9.97 Å². The van der Waals surface area contributed by atoms with Crippen molar-refractivity contribution in [3.8, 4) is 5.69 Å². The lowest BCUT2D eigenvalue weighted by Gasteiger charge is -2.08. The van der Waals surface area contributed by atoms with Crippen LogP contribution in [-0.2, 0) is 12.8 Å². The number of anilines is 1. The summed E-state index contributed by atoms with van der Waals surface area (Å²) >= 11 is 3.19. The van der Waals surface area contributed by atoms with Crippen molar-refractivity contribution in [3.63, 3.8) is 0 Å². The van der Waals surface area contributed by atoms with Gasteiger partial charge in [-0.15, -0.1) is 11.3 Å². The highest BCUT2D eigenvalue weighted by molar-refractivity contribution is 7.98. The van der Waals surface area contributed by atoms with Gasteiger partial charge in [0.1, 0.15) is 0 Å². The number of benzene rings is 1. The first-order chi connectivity index (χ1) is 12.7. The number of thiazole rings is 1. The van der Waals surface area contributed by atoms with Gasteiger partial charge in [-0.1, -0.05) is 24.2 Å². The van der Waals surface area contributed by atoms with Crippen LogP contribution in [0.1, 0.15) is 40.2 Å². The lowest BCUT2D eigenvalue weighted by molar-refractivity contribution is 0.102. The van der Waals surface area contributed by atoms with E-state index >= 15 is 0 Å². The summed E-state index contributed by atoms with van der Waals surface area (Å²) in [5.41, 5.74) is 2.71. The molecule has 0 spiro atoms. The first-order valence-electron chi connectivity index (χ1n) is 8.72. The van der Waals surface area contributed by atoms with E-state index in [1.807, 2.05) is 41.3 Å². The van der Waals surface area contributed by atoms with Crippen molar-refractivity contribution in [1.82, 2.24) is 14.5 Å². The summed E-state index contributed by atoms with van der Waals surface area (Å²) in [5, 5.41) is 4.58. The first kappa shape index (κ1) is 17.3. The first-order valence-corrected chi connectivity index (χ1v) is 10.8. The molecule has 1 aliphatic rings. The maximum atomic E-state index is 12.7. The summed E-state index contributed by atoms with van der Waals surface area (Å²) in [6.45, 7) is 0. The molecule has 1 N–H and O–H groups in total. The van der Waals surface area contributed by atoms with Gasteiger partial charge >= 0.3 is 0 Å². The van der Waals surface area contributed by atoms with Crippen molar-refractivity contribution in [2.24, 2.45) is 0 Å². The number of hydrogen-bond donors (Lipinski definition) is 1. The number of fused-ring (bicyclic) bond motifs is 1. The van der Waals surface area contributed by atoms with Crippen LogP contribution in [0.15, 0.2) is 41.8 Å². The average Bonchev–Trinajstić information content (AvgIpc) is 3.23. The molecule has 0 bridgehead atoms.